The number of likely N-dealkylation sites (N-methyl/N-ethyl adjacent to an activating group) is 1. The normalized spacial score (nSPS) is 33.2. The van der Waals surface area contributed by atoms with E-state index in [1.807, 2.05) is 30.1 Å². The number of nitrogens with zero attached hydrogens (tertiary/aromatic N) is 2. The summed E-state index contributed by atoms with van der Waals surface area (Å²) in [5.74, 6) is 1.51. The molecule has 0 unspecified atom stereocenters. The fraction of sp³-hybridized carbons (Fsp3) is 0.516. The second-order valence-electron chi connectivity index (χ2n) is 12.3. The lowest BCUT2D eigenvalue weighted by Gasteiger charge is -2.64. The number of hydrogen-bond donors (Lipinski definition) is 2. The van der Waals surface area contributed by atoms with Crippen LogP contribution in [0.4, 0.5) is 0 Å². The molecule has 198 valence electrons. The maximum absolute atomic E-state index is 13.7. The standard InChI is InChI=1S/C31H34N2O4S/c1-32(26(35)15-20-17-38-24-5-3-2-4-21(20)24)22-10-11-31(36)25-14-19-8-9-23(34)28-27(19)30(31,29(22)37-28)12-13-33(25)16-18-6-7-18/h2-5,8-9,17-18,22,25,29,34,36H,6-7,10-16H2,1H3/t22-,25+,29+,30+,31-/m1/s1. The Kier molecular flexibility index (Phi) is 4.88. The summed E-state index contributed by atoms with van der Waals surface area (Å²) in [6.07, 6.45) is 5.46. The van der Waals surface area contributed by atoms with Crippen LogP contribution in [0.1, 0.15) is 48.8 Å². The lowest BCUT2D eigenvalue weighted by Crippen LogP contribution is -2.78. The zero-order valence-corrected chi connectivity index (χ0v) is 22.5. The van der Waals surface area contributed by atoms with Crippen molar-refractivity contribution in [3.05, 3.63) is 58.5 Å². The van der Waals surface area contributed by atoms with E-state index in [-0.39, 0.29) is 29.8 Å². The van der Waals surface area contributed by atoms with Crippen molar-refractivity contribution in [2.45, 2.75) is 74.1 Å². The molecule has 7 heteroatoms. The van der Waals surface area contributed by atoms with Crippen LogP contribution in [0.2, 0.25) is 0 Å². The number of ether oxygens (including phenoxy) is 1. The third-order valence-corrected chi connectivity index (χ3v) is 11.5. The van der Waals surface area contributed by atoms with Gasteiger partial charge in [0.25, 0.3) is 0 Å². The molecule has 3 heterocycles. The third-order valence-electron chi connectivity index (χ3n) is 10.5. The number of aromatic hydroxyl groups is 1. The first-order valence-electron chi connectivity index (χ1n) is 14.1. The summed E-state index contributed by atoms with van der Waals surface area (Å²) in [5.41, 5.74) is 1.73. The van der Waals surface area contributed by atoms with Crippen LogP contribution in [0, 0.1) is 5.92 Å². The predicted octanol–water partition coefficient (Wildman–Crippen LogP) is 4.24. The molecule has 1 aromatic heterocycles. The van der Waals surface area contributed by atoms with Gasteiger partial charge in [-0.05, 0) is 85.0 Å². The predicted molar refractivity (Wildman–Crippen MR) is 147 cm³/mol. The Morgan fingerprint density at radius 1 is 1.18 bits per heavy atom. The van der Waals surface area contributed by atoms with Crippen molar-refractivity contribution in [1.82, 2.24) is 9.80 Å². The van der Waals surface area contributed by atoms with Gasteiger partial charge in [-0.1, -0.05) is 24.3 Å². The van der Waals surface area contributed by atoms with E-state index in [4.69, 9.17) is 4.74 Å². The van der Waals surface area contributed by atoms with Crippen LogP contribution in [0.25, 0.3) is 10.1 Å². The second kappa shape index (κ2) is 7.96. The zero-order chi connectivity index (χ0) is 25.8. The number of piperidine rings is 1. The van der Waals surface area contributed by atoms with Crippen molar-refractivity contribution < 1.29 is 19.7 Å². The van der Waals surface area contributed by atoms with E-state index in [0.29, 0.717) is 25.0 Å². The highest BCUT2D eigenvalue weighted by molar-refractivity contribution is 7.17. The smallest absolute Gasteiger partial charge is 0.227 e. The van der Waals surface area contributed by atoms with Crippen molar-refractivity contribution in [1.29, 1.82) is 0 Å². The number of amides is 1. The molecule has 1 amide bonds. The molecule has 2 N–H and O–H groups in total. The maximum Gasteiger partial charge on any atom is 0.227 e. The number of thiophene rings is 1. The molecular weight excluding hydrogens is 496 g/mol. The van der Waals surface area contributed by atoms with Gasteiger partial charge in [-0.3, -0.25) is 9.69 Å². The Balaban J connectivity index is 1.16. The minimum absolute atomic E-state index is 0.0464. The minimum atomic E-state index is -0.930. The summed E-state index contributed by atoms with van der Waals surface area (Å²) in [5, 5.41) is 26.8. The summed E-state index contributed by atoms with van der Waals surface area (Å²) in [6.45, 7) is 1.98. The Labute approximate surface area is 226 Å². The lowest BCUT2D eigenvalue weighted by molar-refractivity contribution is -0.200. The number of aliphatic hydroxyl groups is 1. The fourth-order valence-corrected chi connectivity index (χ4v) is 9.46. The molecule has 38 heavy (non-hydrogen) atoms. The number of phenolic OH excluding ortho intramolecular Hbond substituents is 1. The van der Waals surface area contributed by atoms with Gasteiger partial charge in [0.05, 0.1) is 23.5 Å². The summed E-state index contributed by atoms with van der Waals surface area (Å²) in [7, 11) is 1.90. The molecule has 5 atom stereocenters. The number of phenols is 1. The zero-order valence-electron chi connectivity index (χ0n) is 21.7. The number of rotatable bonds is 5. The van der Waals surface area contributed by atoms with Gasteiger partial charge in [0, 0.05) is 29.9 Å². The number of likely N-dealkylation sites (tertiary alicyclic amines) is 1. The highest BCUT2D eigenvalue weighted by Gasteiger charge is 2.73. The van der Waals surface area contributed by atoms with Gasteiger partial charge in [-0.2, -0.15) is 0 Å². The van der Waals surface area contributed by atoms with Gasteiger partial charge in [-0.25, -0.2) is 0 Å². The first-order chi connectivity index (χ1) is 18.4. The minimum Gasteiger partial charge on any atom is -0.504 e. The van der Waals surface area contributed by atoms with Crippen molar-refractivity contribution in [2.24, 2.45) is 5.92 Å². The Hall–Kier alpha value is -2.61. The molecule has 3 fully saturated rings. The van der Waals surface area contributed by atoms with Crippen LogP contribution in [-0.2, 0) is 23.1 Å². The SMILES string of the molecule is CN(C(=O)Cc1csc2ccccc12)[C@@H]1CC[C@@]2(O)[C@@H]3Cc4ccc(O)c5c4[C@@]2(CCN3CC2CC2)[C@H]1O5. The van der Waals surface area contributed by atoms with Gasteiger partial charge < -0.3 is 19.8 Å². The van der Waals surface area contributed by atoms with Gasteiger partial charge in [0.2, 0.25) is 5.91 Å². The molecule has 6 nitrogen and oxygen atoms in total. The van der Waals surface area contributed by atoms with Crippen LogP contribution in [-0.4, -0.2) is 69.8 Å². The highest BCUT2D eigenvalue weighted by atomic mass is 32.1. The van der Waals surface area contributed by atoms with Crippen LogP contribution in [0.15, 0.2) is 41.8 Å². The summed E-state index contributed by atoms with van der Waals surface area (Å²) < 4.78 is 7.87. The maximum atomic E-state index is 13.7. The van der Waals surface area contributed by atoms with Crippen LogP contribution in [0.3, 0.4) is 0 Å². The van der Waals surface area contributed by atoms with Crippen molar-refractivity contribution in [3.63, 3.8) is 0 Å². The van der Waals surface area contributed by atoms with Gasteiger partial charge in [-0.15, -0.1) is 11.3 Å². The van der Waals surface area contributed by atoms with Crippen LogP contribution in [0.5, 0.6) is 11.5 Å². The van der Waals surface area contributed by atoms with Gasteiger partial charge in [0.15, 0.2) is 11.5 Å². The average Bonchev–Trinajstić information content (AvgIpc) is 3.53. The Morgan fingerprint density at radius 2 is 2.03 bits per heavy atom. The number of carbonyl (C=O) groups is 1. The van der Waals surface area contributed by atoms with E-state index in [0.717, 1.165) is 48.4 Å². The second-order valence-corrected chi connectivity index (χ2v) is 13.2. The molecule has 2 aliphatic heterocycles. The Bertz CT molecular complexity index is 1470. The summed E-state index contributed by atoms with van der Waals surface area (Å²) in [6, 6.07) is 11.9. The van der Waals surface area contributed by atoms with Crippen LogP contribution >= 0.6 is 11.3 Å². The Morgan fingerprint density at radius 3 is 2.87 bits per heavy atom. The molecule has 3 aromatic rings. The van der Waals surface area contributed by atoms with E-state index < -0.39 is 11.0 Å². The number of benzene rings is 2. The molecule has 8 rings (SSSR count). The molecular formula is C31H34N2O4S. The van der Waals surface area contributed by atoms with Gasteiger partial charge in [0.1, 0.15) is 6.10 Å². The van der Waals surface area contributed by atoms with Crippen molar-refractivity contribution in [2.75, 3.05) is 20.1 Å². The van der Waals surface area contributed by atoms with Crippen LogP contribution < -0.4 is 4.74 Å². The van der Waals surface area contributed by atoms with E-state index in [1.165, 1.54) is 23.1 Å². The van der Waals surface area contributed by atoms with E-state index in [9.17, 15) is 15.0 Å². The highest BCUT2D eigenvalue weighted by Crippen LogP contribution is 2.66. The molecule has 5 aliphatic rings. The molecule has 0 radical (unpaired) electrons. The third kappa shape index (κ3) is 2.98. The van der Waals surface area contributed by atoms with E-state index in [1.54, 1.807) is 17.4 Å². The molecule has 2 saturated carbocycles. The first kappa shape index (κ1) is 23.3. The topological polar surface area (TPSA) is 73.2 Å². The largest absolute Gasteiger partial charge is 0.504 e. The van der Waals surface area contributed by atoms with E-state index >= 15 is 0 Å². The lowest BCUT2D eigenvalue weighted by atomic mass is 9.48. The first-order valence-corrected chi connectivity index (χ1v) is 15.0. The summed E-state index contributed by atoms with van der Waals surface area (Å²) >= 11 is 1.68. The van der Waals surface area contributed by atoms with Crippen molar-refractivity contribution >= 4 is 27.3 Å². The quantitative estimate of drug-likeness (QED) is 0.516. The number of hydrogen-bond acceptors (Lipinski definition) is 6. The van der Waals surface area contributed by atoms with E-state index in [2.05, 4.69) is 22.4 Å². The monoisotopic (exact) mass is 530 g/mol. The molecule has 2 aromatic carbocycles. The average molecular weight is 531 g/mol. The number of fused-ring (bicyclic) bond motifs is 1. The van der Waals surface area contributed by atoms with Gasteiger partial charge >= 0.3 is 0 Å². The number of carbonyl (C=O) groups excluding carboxylic acids is 1. The summed E-state index contributed by atoms with van der Waals surface area (Å²) in [4.78, 5) is 18.2. The fourth-order valence-electron chi connectivity index (χ4n) is 8.49. The molecule has 1 spiro atoms. The van der Waals surface area contributed by atoms with Crippen molar-refractivity contribution in [3.8, 4) is 11.5 Å². The molecule has 3 aliphatic carbocycles. The molecule has 2 bridgehead atoms. The molecule has 1 saturated heterocycles.